The third kappa shape index (κ3) is 7.30. The molecule has 3 aromatic rings. The van der Waals surface area contributed by atoms with Crippen molar-refractivity contribution in [3.8, 4) is 0 Å². The third-order valence-electron chi connectivity index (χ3n) is 7.86. The normalized spacial score (nSPS) is 15.1. The number of amides is 1. The van der Waals surface area contributed by atoms with Crippen molar-refractivity contribution in [2.75, 3.05) is 19.3 Å². The average molecular weight is 516 g/mol. The zero-order valence-electron chi connectivity index (χ0n) is 22.7. The molecule has 4 heteroatoms. The van der Waals surface area contributed by atoms with E-state index in [-0.39, 0.29) is 5.91 Å². The van der Waals surface area contributed by atoms with E-state index in [1.54, 1.807) is 0 Å². The van der Waals surface area contributed by atoms with Gasteiger partial charge in [-0.3, -0.25) is 4.79 Å². The lowest BCUT2D eigenvalue weighted by Gasteiger charge is -2.34. The molecule has 0 unspecified atom stereocenters. The quantitative estimate of drug-likeness (QED) is 0.240. The number of nitrogens with one attached hydrogen (secondary N) is 1. The van der Waals surface area contributed by atoms with Crippen LogP contribution in [-0.2, 0) is 4.79 Å². The van der Waals surface area contributed by atoms with E-state index >= 15 is 0 Å². The molecule has 196 valence electrons. The zero-order chi connectivity index (χ0) is 25.9. The number of hydrogen-bond acceptors (Lipinski definition) is 2. The summed E-state index contributed by atoms with van der Waals surface area (Å²) in [6.07, 6.45) is 8.38. The van der Waals surface area contributed by atoms with Crippen LogP contribution >= 0.6 is 7.26 Å². The molecule has 4 rings (SSSR count). The van der Waals surface area contributed by atoms with Gasteiger partial charge in [0.1, 0.15) is 23.2 Å². The second-order valence-electron chi connectivity index (χ2n) is 10.7. The lowest BCUT2D eigenvalue weighted by Crippen LogP contribution is -2.46. The van der Waals surface area contributed by atoms with Crippen LogP contribution < -0.4 is 21.2 Å². The van der Waals surface area contributed by atoms with Crippen molar-refractivity contribution in [3.05, 3.63) is 91.0 Å². The smallest absolute Gasteiger partial charge is 0.220 e. The first kappa shape index (κ1) is 27.6. The molecule has 0 atom stereocenters. The van der Waals surface area contributed by atoms with Crippen LogP contribution in [0.2, 0.25) is 0 Å². The molecule has 1 saturated heterocycles. The Morgan fingerprint density at radius 3 is 1.68 bits per heavy atom. The highest BCUT2D eigenvalue weighted by Crippen LogP contribution is 2.56. The molecule has 1 heterocycles. The van der Waals surface area contributed by atoms with Gasteiger partial charge in [-0.1, -0.05) is 61.0 Å². The summed E-state index contributed by atoms with van der Waals surface area (Å²) in [5.41, 5.74) is 0. The van der Waals surface area contributed by atoms with Gasteiger partial charge in [0.2, 0.25) is 5.91 Å². The summed E-state index contributed by atoms with van der Waals surface area (Å²) in [5.74, 6) is 0.239. The summed E-state index contributed by atoms with van der Waals surface area (Å²) < 4.78 is 0. The van der Waals surface area contributed by atoms with E-state index in [0.29, 0.717) is 18.5 Å². The van der Waals surface area contributed by atoms with Gasteiger partial charge in [0, 0.05) is 31.6 Å². The topological polar surface area (TPSA) is 32.3 Å². The predicted molar refractivity (Wildman–Crippen MR) is 161 cm³/mol. The maximum absolute atomic E-state index is 12.6. The Kier molecular flexibility index (Phi) is 10.3. The number of likely N-dealkylation sites (tertiary alicyclic amines) is 1. The van der Waals surface area contributed by atoms with Crippen molar-refractivity contribution >= 4 is 29.1 Å². The molecule has 3 aromatic carbocycles. The van der Waals surface area contributed by atoms with Gasteiger partial charge < -0.3 is 10.2 Å². The number of carbonyl (C=O) groups excluding carboxylic acids is 1. The Morgan fingerprint density at radius 2 is 1.22 bits per heavy atom. The van der Waals surface area contributed by atoms with E-state index in [9.17, 15) is 4.79 Å². The highest BCUT2D eigenvalue weighted by atomic mass is 31.2. The summed E-state index contributed by atoms with van der Waals surface area (Å²) in [5, 5.41) is 7.66. The lowest BCUT2D eigenvalue weighted by molar-refractivity contribution is -0.122. The highest BCUT2D eigenvalue weighted by molar-refractivity contribution is 7.95. The summed E-state index contributed by atoms with van der Waals surface area (Å²) in [6, 6.07) is 34.3. The third-order valence-corrected chi connectivity index (χ3v) is 12.4. The Balaban J connectivity index is 1.33. The van der Waals surface area contributed by atoms with Gasteiger partial charge in [0.25, 0.3) is 0 Å². The van der Waals surface area contributed by atoms with Crippen molar-refractivity contribution in [2.45, 2.75) is 70.9 Å². The van der Waals surface area contributed by atoms with Crippen molar-refractivity contribution in [1.82, 2.24) is 10.2 Å². The van der Waals surface area contributed by atoms with Crippen molar-refractivity contribution in [1.29, 1.82) is 0 Å². The number of carbonyl (C=O) groups is 1. The maximum atomic E-state index is 12.6. The van der Waals surface area contributed by atoms with Gasteiger partial charge >= 0.3 is 0 Å². The molecule has 1 fully saturated rings. The zero-order valence-corrected chi connectivity index (χ0v) is 23.6. The highest BCUT2D eigenvalue weighted by Gasteiger charge is 2.44. The number of benzene rings is 3. The molecule has 0 aromatic heterocycles. The van der Waals surface area contributed by atoms with Crippen LogP contribution in [0.15, 0.2) is 91.0 Å². The van der Waals surface area contributed by atoms with Crippen molar-refractivity contribution < 1.29 is 4.79 Å². The van der Waals surface area contributed by atoms with E-state index < -0.39 is 7.26 Å². The first-order valence-electron chi connectivity index (χ1n) is 14.2. The Bertz CT molecular complexity index is 967. The number of nitrogens with zero attached hydrogens (tertiary/aromatic N) is 1. The minimum Gasteiger partial charge on any atom is -0.353 e. The van der Waals surface area contributed by atoms with Crippen LogP contribution in [-0.4, -0.2) is 42.1 Å². The van der Waals surface area contributed by atoms with Crippen LogP contribution in [0.1, 0.15) is 58.8 Å². The molecule has 0 aliphatic carbocycles. The Labute approximate surface area is 225 Å². The molecule has 0 saturated carbocycles. The fraction of sp³-hybridized carbons (Fsp3) is 0.424. The summed E-state index contributed by atoms with van der Waals surface area (Å²) >= 11 is 0. The van der Waals surface area contributed by atoms with Crippen LogP contribution in [0.4, 0.5) is 0 Å². The fourth-order valence-electron chi connectivity index (χ4n) is 5.73. The monoisotopic (exact) mass is 515 g/mol. The molecule has 1 amide bonds. The van der Waals surface area contributed by atoms with Crippen LogP contribution in [0.3, 0.4) is 0 Å². The molecule has 0 radical (unpaired) electrons. The SMILES string of the molecule is CC(C)N1CCC(NC(=O)CCCCCC[P+](c2ccccc2)(c2ccccc2)c2ccccc2)CC1. The van der Waals surface area contributed by atoms with Crippen LogP contribution in [0, 0.1) is 0 Å². The van der Waals surface area contributed by atoms with Gasteiger partial charge in [0.05, 0.1) is 6.16 Å². The molecule has 37 heavy (non-hydrogen) atoms. The van der Waals surface area contributed by atoms with E-state index in [1.165, 1.54) is 22.3 Å². The molecular weight excluding hydrogens is 471 g/mol. The van der Waals surface area contributed by atoms with Gasteiger partial charge in [-0.25, -0.2) is 0 Å². The first-order valence-corrected chi connectivity index (χ1v) is 16.2. The van der Waals surface area contributed by atoms with Crippen LogP contribution in [0.25, 0.3) is 0 Å². The largest absolute Gasteiger partial charge is 0.353 e. The minimum absolute atomic E-state index is 0.239. The Hall–Kier alpha value is -2.48. The van der Waals surface area contributed by atoms with E-state index in [0.717, 1.165) is 51.4 Å². The lowest BCUT2D eigenvalue weighted by atomic mass is 10.0. The molecule has 0 spiro atoms. The fourth-order valence-corrected chi connectivity index (χ4v) is 10.1. The number of rotatable bonds is 12. The molecule has 1 N–H and O–H groups in total. The molecule has 1 aliphatic heterocycles. The molecule has 3 nitrogen and oxygen atoms in total. The van der Waals surface area contributed by atoms with Gasteiger partial charge in [-0.15, -0.1) is 0 Å². The van der Waals surface area contributed by atoms with Crippen molar-refractivity contribution in [3.63, 3.8) is 0 Å². The predicted octanol–water partition coefficient (Wildman–Crippen LogP) is 5.92. The van der Waals surface area contributed by atoms with E-state index in [4.69, 9.17) is 0 Å². The summed E-state index contributed by atoms with van der Waals surface area (Å²) in [4.78, 5) is 15.1. The minimum atomic E-state index is -1.74. The van der Waals surface area contributed by atoms with E-state index in [1.807, 2.05) is 0 Å². The standard InChI is InChI=1S/C33H43N2OP/c1-28(2)35-25-23-29(24-26-35)34-33(36)22-14-3-4-15-27-37(30-16-8-5-9-17-30,31-18-10-6-11-19-31)32-20-12-7-13-21-32/h5-13,16-21,28-29H,3-4,14-15,22-27H2,1-2H3/p+1. The summed E-state index contributed by atoms with van der Waals surface area (Å²) in [6.45, 7) is 6.70. The van der Waals surface area contributed by atoms with E-state index in [2.05, 4.69) is 115 Å². The average Bonchev–Trinajstić information content (AvgIpc) is 2.94. The Morgan fingerprint density at radius 1 is 0.757 bits per heavy atom. The summed E-state index contributed by atoms with van der Waals surface area (Å²) in [7, 11) is -1.74. The van der Waals surface area contributed by atoms with Gasteiger partial charge in [-0.05, 0) is 82.3 Å². The first-order chi connectivity index (χ1) is 18.1. The second kappa shape index (κ2) is 13.9. The molecular formula is C33H44N2OP+. The molecule has 0 bridgehead atoms. The van der Waals surface area contributed by atoms with Gasteiger partial charge in [-0.2, -0.15) is 0 Å². The van der Waals surface area contributed by atoms with Crippen molar-refractivity contribution in [2.24, 2.45) is 0 Å². The van der Waals surface area contributed by atoms with Crippen LogP contribution in [0.5, 0.6) is 0 Å². The second-order valence-corrected chi connectivity index (χ2v) is 14.3. The number of hydrogen-bond donors (Lipinski definition) is 1. The maximum Gasteiger partial charge on any atom is 0.220 e. The molecule has 1 aliphatic rings. The van der Waals surface area contributed by atoms with Gasteiger partial charge in [0.15, 0.2) is 0 Å². The number of piperidine rings is 1. The number of unbranched alkanes of at least 4 members (excludes halogenated alkanes) is 3.